The lowest BCUT2D eigenvalue weighted by Crippen LogP contribution is -2.38. The first kappa shape index (κ1) is 16.2. The SMILES string of the molecule is CCCS(=O)(=O)C(CC)C(NCC)c1ccccc1. The molecule has 1 aromatic rings. The molecule has 0 aliphatic carbocycles. The van der Waals surface area contributed by atoms with Gasteiger partial charge in [-0.2, -0.15) is 0 Å². The fourth-order valence-corrected chi connectivity index (χ4v) is 4.52. The average Bonchev–Trinajstić information content (AvgIpc) is 2.39. The number of hydrogen-bond donors (Lipinski definition) is 1. The van der Waals surface area contributed by atoms with E-state index < -0.39 is 9.84 Å². The van der Waals surface area contributed by atoms with Crippen molar-refractivity contribution in [2.75, 3.05) is 12.3 Å². The van der Waals surface area contributed by atoms with Gasteiger partial charge in [-0.05, 0) is 24.9 Å². The Labute approximate surface area is 117 Å². The van der Waals surface area contributed by atoms with Crippen molar-refractivity contribution in [3.8, 4) is 0 Å². The molecule has 0 heterocycles. The molecule has 0 bridgehead atoms. The average molecular weight is 283 g/mol. The maximum Gasteiger partial charge on any atom is 0.155 e. The molecule has 0 saturated heterocycles. The molecule has 0 amide bonds. The summed E-state index contributed by atoms with van der Waals surface area (Å²) in [7, 11) is -3.05. The highest BCUT2D eigenvalue weighted by atomic mass is 32.2. The molecule has 0 aromatic heterocycles. The summed E-state index contributed by atoms with van der Waals surface area (Å²) in [6.07, 6.45) is 1.31. The van der Waals surface area contributed by atoms with Crippen LogP contribution < -0.4 is 5.32 Å². The minimum atomic E-state index is -3.05. The van der Waals surface area contributed by atoms with Crippen LogP contribution >= 0.6 is 0 Å². The largest absolute Gasteiger partial charge is 0.309 e. The van der Waals surface area contributed by atoms with Crippen LogP contribution in [0.15, 0.2) is 30.3 Å². The highest BCUT2D eigenvalue weighted by Crippen LogP contribution is 2.25. The van der Waals surface area contributed by atoms with Gasteiger partial charge in [0.25, 0.3) is 0 Å². The van der Waals surface area contributed by atoms with Gasteiger partial charge in [0.1, 0.15) is 0 Å². The molecule has 2 atom stereocenters. The molecule has 0 spiro atoms. The molecule has 19 heavy (non-hydrogen) atoms. The van der Waals surface area contributed by atoms with Crippen LogP contribution in [0.2, 0.25) is 0 Å². The summed E-state index contributed by atoms with van der Waals surface area (Å²) in [6.45, 7) is 6.63. The van der Waals surface area contributed by atoms with Gasteiger partial charge in [-0.3, -0.25) is 0 Å². The normalized spacial score (nSPS) is 15.1. The number of hydrogen-bond acceptors (Lipinski definition) is 3. The maximum atomic E-state index is 12.4. The zero-order valence-electron chi connectivity index (χ0n) is 12.1. The molecular formula is C15H25NO2S. The maximum absolute atomic E-state index is 12.4. The van der Waals surface area contributed by atoms with Crippen molar-refractivity contribution >= 4 is 9.84 Å². The first-order chi connectivity index (χ1) is 9.06. The van der Waals surface area contributed by atoms with Gasteiger partial charge in [0.05, 0.1) is 11.0 Å². The lowest BCUT2D eigenvalue weighted by molar-refractivity contribution is 0.486. The second-order valence-electron chi connectivity index (χ2n) is 4.76. The first-order valence-electron chi connectivity index (χ1n) is 7.06. The Morgan fingerprint density at radius 3 is 2.21 bits per heavy atom. The first-order valence-corrected chi connectivity index (χ1v) is 8.78. The summed E-state index contributed by atoms with van der Waals surface area (Å²) >= 11 is 0. The molecule has 1 N–H and O–H groups in total. The molecule has 108 valence electrons. The molecule has 3 nitrogen and oxygen atoms in total. The zero-order valence-corrected chi connectivity index (χ0v) is 12.9. The Kier molecular flexibility index (Phi) is 6.52. The van der Waals surface area contributed by atoms with Gasteiger partial charge >= 0.3 is 0 Å². The van der Waals surface area contributed by atoms with E-state index in [1.165, 1.54) is 0 Å². The molecule has 1 aromatic carbocycles. The molecule has 4 heteroatoms. The van der Waals surface area contributed by atoms with Gasteiger partial charge in [0.15, 0.2) is 9.84 Å². The van der Waals surface area contributed by atoms with Crippen LogP contribution in [0.1, 0.15) is 45.2 Å². The van der Waals surface area contributed by atoms with E-state index in [0.29, 0.717) is 12.8 Å². The van der Waals surface area contributed by atoms with Crippen molar-refractivity contribution in [3.05, 3.63) is 35.9 Å². The van der Waals surface area contributed by atoms with E-state index >= 15 is 0 Å². The molecule has 0 aliphatic heterocycles. The third-order valence-corrected chi connectivity index (χ3v) is 5.81. The number of sulfone groups is 1. The molecule has 0 aliphatic rings. The van der Waals surface area contributed by atoms with E-state index in [1.807, 2.05) is 51.1 Å². The van der Waals surface area contributed by atoms with Gasteiger partial charge in [-0.25, -0.2) is 8.42 Å². The van der Waals surface area contributed by atoms with Crippen molar-refractivity contribution in [2.45, 2.75) is 44.9 Å². The number of rotatable bonds is 8. The third-order valence-electron chi connectivity index (χ3n) is 3.31. The second kappa shape index (κ2) is 7.65. The van der Waals surface area contributed by atoms with Gasteiger partial charge < -0.3 is 5.32 Å². The highest BCUT2D eigenvalue weighted by molar-refractivity contribution is 7.92. The smallest absolute Gasteiger partial charge is 0.155 e. The molecule has 1 rings (SSSR count). The number of benzene rings is 1. The van der Waals surface area contributed by atoms with Crippen LogP contribution in [-0.4, -0.2) is 26.0 Å². The van der Waals surface area contributed by atoms with Crippen LogP contribution in [0.5, 0.6) is 0 Å². The highest BCUT2D eigenvalue weighted by Gasteiger charge is 2.31. The van der Waals surface area contributed by atoms with Crippen LogP contribution in [0.25, 0.3) is 0 Å². The lowest BCUT2D eigenvalue weighted by atomic mass is 10.0. The number of nitrogens with one attached hydrogen (secondary N) is 1. The van der Waals surface area contributed by atoms with E-state index in [0.717, 1.165) is 12.1 Å². The predicted molar refractivity (Wildman–Crippen MR) is 81.0 cm³/mol. The van der Waals surface area contributed by atoms with Crippen molar-refractivity contribution < 1.29 is 8.42 Å². The zero-order chi connectivity index (χ0) is 14.3. The van der Waals surface area contributed by atoms with Crippen LogP contribution in [0.4, 0.5) is 0 Å². The van der Waals surface area contributed by atoms with Crippen molar-refractivity contribution in [3.63, 3.8) is 0 Å². The van der Waals surface area contributed by atoms with E-state index in [4.69, 9.17) is 0 Å². The van der Waals surface area contributed by atoms with Crippen molar-refractivity contribution in [1.82, 2.24) is 5.32 Å². The van der Waals surface area contributed by atoms with Gasteiger partial charge in [-0.15, -0.1) is 0 Å². The van der Waals surface area contributed by atoms with E-state index in [-0.39, 0.29) is 17.0 Å². The Hall–Kier alpha value is -0.870. The quantitative estimate of drug-likeness (QED) is 0.798. The standard InChI is InChI=1S/C15H25NO2S/c1-4-12-19(17,18)14(5-2)15(16-6-3)13-10-8-7-9-11-13/h7-11,14-16H,4-6,12H2,1-3H3. The van der Waals surface area contributed by atoms with Gasteiger partial charge in [0, 0.05) is 6.04 Å². The Morgan fingerprint density at radius 2 is 1.74 bits per heavy atom. The summed E-state index contributed by atoms with van der Waals surface area (Å²) in [4.78, 5) is 0. The molecule has 0 saturated carbocycles. The summed E-state index contributed by atoms with van der Waals surface area (Å²) in [5.41, 5.74) is 1.05. The van der Waals surface area contributed by atoms with Crippen molar-refractivity contribution in [1.29, 1.82) is 0 Å². The molecule has 2 unspecified atom stereocenters. The van der Waals surface area contributed by atoms with Crippen LogP contribution in [0.3, 0.4) is 0 Å². The van der Waals surface area contributed by atoms with Crippen LogP contribution in [-0.2, 0) is 9.84 Å². The molecule has 0 radical (unpaired) electrons. The predicted octanol–water partition coefficient (Wildman–Crippen LogP) is 2.94. The minimum absolute atomic E-state index is 0.118. The van der Waals surface area contributed by atoms with E-state index in [1.54, 1.807) is 0 Å². The Balaban J connectivity index is 3.09. The fourth-order valence-electron chi connectivity index (χ4n) is 2.48. The van der Waals surface area contributed by atoms with Crippen molar-refractivity contribution in [2.24, 2.45) is 0 Å². The summed E-state index contributed by atoms with van der Waals surface area (Å²) in [5, 5.41) is 2.98. The Bertz CT molecular complexity index is 456. The topological polar surface area (TPSA) is 46.2 Å². The molecule has 0 fully saturated rings. The van der Waals surface area contributed by atoms with E-state index in [9.17, 15) is 8.42 Å². The van der Waals surface area contributed by atoms with E-state index in [2.05, 4.69) is 5.32 Å². The van der Waals surface area contributed by atoms with Crippen LogP contribution in [0, 0.1) is 0 Å². The monoisotopic (exact) mass is 283 g/mol. The second-order valence-corrected chi connectivity index (χ2v) is 7.10. The summed E-state index contributed by atoms with van der Waals surface area (Å²) in [6, 6.07) is 9.74. The summed E-state index contributed by atoms with van der Waals surface area (Å²) in [5.74, 6) is 0.264. The van der Waals surface area contributed by atoms with Gasteiger partial charge in [-0.1, -0.05) is 51.1 Å². The third kappa shape index (κ3) is 4.32. The summed E-state index contributed by atoms with van der Waals surface area (Å²) < 4.78 is 24.8. The minimum Gasteiger partial charge on any atom is -0.309 e. The Morgan fingerprint density at radius 1 is 1.11 bits per heavy atom. The lowest BCUT2D eigenvalue weighted by Gasteiger charge is -2.27. The van der Waals surface area contributed by atoms with Gasteiger partial charge in [0.2, 0.25) is 0 Å². The fraction of sp³-hybridized carbons (Fsp3) is 0.600. The molecular weight excluding hydrogens is 258 g/mol.